The molecule has 11 aromatic rings. The van der Waals surface area contributed by atoms with Crippen molar-refractivity contribution in [3.05, 3.63) is 206 Å². The smallest absolute Gasteiger partial charge is 0.137 e. The zero-order valence-electron chi connectivity index (χ0n) is 30.3. The number of furan rings is 1. The molecule has 264 valence electrons. The SMILES string of the molecule is c1ccc(N(c2ccccc2)c2ccc3c(c2)sc2cc(N(c4ccc(-c5ccc6ccccc6c5)cc4)c4ccc5c(c4)oc4ccccc45)ccc23)cc1. The summed E-state index contributed by atoms with van der Waals surface area (Å²) in [7, 11) is 0. The lowest BCUT2D eigenvalue weighted by Gasteiger charge is -2.26. The fourth-order valence-electron chi connectivity index (χ4n) is 8.11. The second-order valence-electron chi connectivity index (χ2n) is 14.2. The monoisotopic (exact) mass is 734 g/mol. The lowest BCUT2D eigenvalue weighted by molar-refractivity contribution is 0.669. The van der Waals surface area contributed by atoms with Crippen LogP contribution in [0.3, 0.4) is 0 Å². The van der Waals surface area contributed by atoms with E-state index in [1.165, 1.54) is 42.1 Å². The molecule has 0 unspecified atom stereocenters. The van der Waals surface area contributed by atoms with Gasteiger partial charge in [0.15, 0.2) is 0 Å². The van der Waals surface area contributed by atoms with E-state index in [-0.39, 0.29) is 0 Å². The van der Waals surface area contributed by atoms with Crippen molar-refractivity contribution in [1.29, 1.82) is 0 Å². The summed E-state index contributed by atoms with van der Waals surface area (Å²) in [6, 6.07) is 73.9. The zero-order valence-corrected chi connectivity index (χ0v) is 31.2. The third-order valence-electron chi connectivity index (χ3n) is 10.8. The Morgan fingerprint density at radius 1 is 0.304 bits per heavy atom. The average Bonchev–Trinajstić information content (AvgIpc) is 3.82. The van der Waals surface area contributed by atoms with Crippen molar-refractivity contribution in [1.82, 2.24) is 0 Å². The lowest BCUT2D eigenvalue weighted by atomic mass is 10.0. The Morgan fingerprint density at radius 2 is 0.786 bits per heavy atom. The number of nitrogens with zero attached hydrogens (tertiary/aromatic N) is 2. The predicted octanol–water partition coefficient (Wildman–Crippen LogP) is 15.7. The van der Waals surface area contributed by atoms with Crippen LogP contribution in [-0.4, -0.2) is 0 Å². The van der Waals surface area contributed by atoms with Crippen LogP contribution in [0.5, 0.6) is 0 Å². The molecule has 0 N–H and O–H groups in total. The first-order chi connectivity index (χ1) is 27.7. The molecule has 0 aliphatic rings. The maximum absolute atomic E-state index is 6.40. The van der Waals surface area contributed by atoms with Crippen molar-refractivity contribution >= 4 is 98.3 Å². The molecule has 0 atom stereocenters. The van der Waals surface area contributed by atoms with Gasteiger partial charge in [0.25, 0.3) is 0 Å². The molecule has 0 spiro atoms. The summed E-state index contributed by atoms with van der Waals surface area (Å²) < 4.78 is 8.89. The van der Waals surface area contributed by atoms with Crippen molar-refractivity contribution in [2.24, 2.45) is 0 Å². The van der Waals surface area contributed by atoms with Gasteiger partial charge < -0.3 is 14.2 Å². The normalized spacial score (nSPS) is 11.6. The van der Waals surface area contributed by atoms with E-state index in [1.54, 1.807) is 0 Å². The van der Waals surface area contributed by atoms with E-state index >= 15 is 0 Å². The second-order valence-corrected chi connectivity index (χ2v) is 15.3. The maximum Gasteiger partial charge on any atom is 0.137 e. The highest BCUT2D eigenvalue weighted by Crippen LogP contribution is 2.44. The summed E-state index contributed by atoms with van der Waals surface area (Å²) in [6.45, 7) is 0. The highest BCUT2D eigenvalue weighted by atomic mass is 32.1. The summed E-state index contributed by atoms with van der Waals surface area (Å²) in [4.78, 5) is 4.67. The Balaban J connectivity index is 1.03. The number of hydrogen-bond donors (Lipinski definition) is 0. The summed E-state index contributed by atoms with van der Waals surface area (Å²) in [6.07, 6.45) is 0. The van der Waals surface area contributed by atoms with E-state index in [2.05, 4.69) is 204 Å². The molecule has 0 amide bonds. The van der Waals surface area contributed by atoms with E-state index in [0.717, 1.165) is 56.1 Å². The fraction of sp³-hybridized carbons (Fsp3) is 0. The Labute approximate surface area is 328 Å². The Hall–Kier alpha value is -7.14. The fourth-order valence-corrected chi connectivity index (χ4v) is 9.28. The summed E-state index contributed by atoms with van der Waals surface area (Å²) in [5, 5.41) is 7.25. The first kappa shape index (κ1) is 32.3. The van der Waals surface area contributed by atoms with Crippen LogP contribution in [0.4, 0.5) is 34.1 Å². The van der Waals surface area contributed by atoms with Gasteiger partial charge in [-0.1, -0.05) is 115 Å². The molecule has 0 radical (unpaired) electrons. The third-order valence-corrected chi connectivity index (χ3v) is 11.9. The molecule has 0 bridgehead atoms. The van der Waals surface area contributed by atoms with Gasteiger partial charge in [-0.3, -0.25) is 0 Å². The van der Waals surface area contributed by atoms with Gasteiger partial charge in [-0.25, -0.2) is 0 Å². The highest BCUT2D eigenvalue weighted by Gasteiger charge is 2.19. The van der Waals surface area contributed by atoms with E-state index in [4.69, 9.17) is 4.42 Å². The molecule has 3 nitrogen and oxygen atoms in total. The van der Waals surface area contributed by atoms with Crippen molar-refractivity contribution in [3.8, 4) is 11.1 Å². The number of thiophene rings is 1. The summed E-state index contributed by atoms with van der Waals surface area (Å²) >= 11 is 1.84. The summed E-state index contributed by atoms with van der Waals surface area (Å²) in [5.74, 6) is 0. The van der Waals surface area contributed by atoms with Gasteiger partial charge in [0.2, 0.25) is 0 Å². The number of anilines is 6. The van der Waals surface area contributed by atoms with Crippen molar-refractivity contribution < 1.29 is 4.42 Å². The number of rotatable bonds is 7. The molecule has 2 aromatic heterocycles. The van der Waals surface area contributed by atoms with Crippen LogP contribution >= 0.6 is 11.3 Å². The first-order valence-corrected chi connectivity index (χ1v) is 19.7. The van der Waals surface area contributed by atoms with Crippen molar-refractivity contribution in [2.75, 3.05) is 9.80 Å². The quantitative estimate of drug-likeness (QED) is 0.163. The highest BCUT2D eigenvalue weighted by molar-refractivity contribution is 7.25. The van der Waals surface area contributed by atoms with Gasteiger partial charge in [0.05, 0.1) is 0 Å². The third kappa shape index (κ3) is 5.58. The Bertz CT molecular complexity index is 3160. The van der Waals surface area contributed by atoms with E-state index < -0.39 is 0 Å². The number of hydrogen-bond acceptors (Lipinski definition) is 4. The van der Waals surface area contributed by atoms with Crippen LogP contribution in [0, 0.1) is 0 Å². The number of benzene rings is 9. The first-order valence-electron chi connectivity index (χ1n) is 18.9. The van der Waals surface area contributed by atoms with E-state index in [9.17, 15) is 0 Å². The van der Waals surface area contributed by atoms with Gasteiger partial charge in [0, 0.05) is 71.1 Å². The molecule has 0 fully saturated rings. The minimum atomic E-state index is 0.873. The Kier molecular flexibility index (Phi) is 7.68. The van der Waals surface area contributed by atoms with E-state index in [0.29, 0.717) is 0 Å². The standard InChI is InChI=1S/C52H34N2OS/c1-3-13-39(14-4-1)53(40-15-5-2-6-16-40)43-26-29-47-48-30-27-44(34-52(48)56-51(47)33-43)54(42-25-28-46-45-17-9-10-18-49(45)55-50(46)32-42)41-23-21-36(22-24-41)38-20-19-35-11-7-8-12-37(35)31-38/h1-34H. The van der Waals surface area contributed by atoms with Crippen LogP contribution in [0.2, 0.25) is 0 Å². The zero-order chi connectivity index (χ0) is 37.0. The molecule has 9 aromatic carbocycles. The predicted molar refractivity (Wildman–Crippen MR) is 239 cm³/mol. The number of para-hydroxylation sites is 3. The van der Waals surface area contributed by atoms with Crippen molar-refractivity contribution in [2.45, 2.75) is 0 Å². The number of fused-ring (bicyclic) bond motifs is 7. The molecule has 0 aliphatic carbocycles. The Morgan fingerprint density at radius 3 is 1.46 bits per heavy atom. The second kappa shape index (κ2) is 13.3. The minimum absolute atomic E-state index is 0.873. The van der Waals surface area contributed by atoms with Gasteiger partial charge in [-0.2, -0.15) is 0 Å². The molecule has 11 rings (SSSR count). The van der Waals surface area contributed by atoms with Crippen molar-refractivity contribution in [3.63, 3.8) is 0 Å². The molecular formula is C52H34N2OS. The topological polar surface area (TPSA) is 19.6 Å². The van der Waals surface area contributed by atoms with Gasteiger partial charge in [-0.05, 0) is 107 Å². The largest absolute Gasteiger partial charge is 0.456 e. The minimum Gasteiger partial charge on any atom is -0.456 e. The van der Waals surface area contributed by atoms with Crippen LogP contribution in [-0.2, 0) is 0 Å². The molecular weight excluding hydrogens is 701 g/mol. The van der Waals surface area contributed by atoms with Crippen LogP contribution in [0.1, 0.15) is 0 Å². The molecule has 0 aliphatic heterocycles. The van der Waals surface area contributed by atoms with Gasteiger partial charge >= 0.3 is 0 Å². The molecule has 4 heteroatoms. The average molecular weight is 735 g/mol. The lowest BCUT2D eigenvalue weighted by Crippen LogP contribution is -2.09. The van der Waals surface area contributed by atoms with Gasteiger partial charge in [-0.15, -0.1) is 11.3 Å². The molecule has 2 heterocycles. The molecule has 56 heavy (non-hydrogen) atoms. The molecule has 0 saturated carbocycles. The van der Waals surface area contributed by atoms with Crippen LogP contribution in [0.15, 0.2) is 211 Å². The van der Waals surface area contributed by atoms with E-state index in [1.807, 2.05) is 23.5 Å². The van der Waals surface area contributed by atoms with Crippen LogP contribution < -0.4 is 9.80 Å². The van der Waals surface area contributed by atoms with Crippen LogP contribution in [0.25, 0.3) is 64.0 Å². The maximum atomic E-state index is 6.40. The summed E-state index contributed by atoms with van der Waals surface area (Å²) in [5.41, 5.74) is 10.8. The van der Waals surface area contributed by atoms with Gasteiger partial charge in [0.1, 0.15) is 11.2 Å². The molecule has 0 saturated heterocycles.